The van der Waals surface area contributed by atoms with E-state index in [-0.39, 0.29) is 11.7 Å². The number of aromatic carboxylic acids is 1. The molecule has 1 N–H and O–H groups in total. The first-order valence-electron chi connectivity index (χ1n) is 7.81. The second-order valence-corrected chi connectivity index (χ2v) is 6.13. The van der Waals surface area contributed by atoms with E-state index in [4.69, 9.17) is 5.11 Å². The summed E-state index contributed by atoms with van der Waals surface area (Å²) in [4.78, 5) is 17.7. The van der Waals surface area contributed by atoms with Gasteiger partial charge in [-0.25, -0.2) is 9.78 Å². The summed E-state index contributed by atoms with van der Waals surface area (Å²) in [6.07, 6.45) is 7.22. The number of carboxylic acids is 1. The van der Waals surface area contributed by atoms with Crippen LogP contribution in [-0.4, -0.2) is 37.9 Å². The molecule has 1 fully saturated rings. The fourth-order valence-corrected chi connectivity index (χ4v) is 3.75. The van der Waals surface area contributed by atoms with Gasteiger partial charge in [0, 0.05) is 25.3 Å². The number of hydrogen-bond acceptors (Lipinski definition) is 4. The number of rotatable bonds is 3. The number of aryl methyl sites for hydroxylation is 1. The van der Waals surface area contributed by atoms with E-state index < -0.39 is 5.97 Å². The van der Waals surface area contributed by atoms with Crippen molar-refractivity contribution in [2.75, 3.05) is 4.90 Å². The summed E-state index contributed by atoms with van der Waals surface area (Å²) in [6, 6.07) is 7.90. The molecular weight excluding hydrogens is 292 g/mol. The zero-order valence-corrected chi connectivity index (χ0v) is 12.9. The van der Waals surface area contributed by atoms with Crippen molar-refractivity contribution in [3.8, 4) is 0 Å². The minimum atomic E-state index is -0.984. The minimum Gasteiger partial charge on any atom is -0.477 e. The SMILES string of the molecule is Cn1nccc1C1=CC2CCC(C1)N2c1cccc(C(=O)O)n1. The molecule has 0 radical (unpaired) electrons. The quantitative estimate of drug-likeness (QED) is 0.942. The second kappa shape index (κ2) is 5.22. The third-order valence-electron chi connectivity index (χ3n) is 4.76. The van der Waals surface area contributed by atoms with Crippen LogP contribution in [0.25, 0.3) is 5.57 Å². The van der Waals surface area contributed by atoms with Gasteiger partial charge in [0.05, 0.1) is 5.69 Å². The van der Waals surface area contributed by atoms with Crippen molar-refractivity contribution in [2.45, 2.75) is 31.3 Å². The Kier molecular flexibility index (Phi) is 3.18. The first kappa shape index (κ1) is 14.0. The van der Waals surface area contributed by atoms with Gasteiger partial charge < -0.3 is 10.0 Å². The number of anilines is 1. The molecular formula is C17H18N4O2. The zero-order valence-electron chi connectivity index (χ0n) is 12.9. The Labute approximate surface area is 134 Å². The number of carboxylic acid groups (broad SMARTS) is 1. The molecule has 23 heavy (non-hydrogen) atoms. The smallest absolute Gasteiger partial charge is 0.354 e. The van der Waals surface area contributed by atoms with E-state index >= 15 is 0 Å². The minimum absolute atomic E-state index is 0.100. The Morgan fingerprint density at radius 1 is 1.30 bits per heavy atom. The summed E-state index contributed by atoms with van der Waals surface area (Å²) in [5.41, 5.74) is 2.58. The molecule has 4 rings (SSSR count). The van der Waals surface area contributed by atoms with Crippen LogP contribution in [0, 0.1) is 0 Å². The fraction of sp³-hybridized carbons (Fsp3) is 0.353. The third-order valence-corrected chi connectivity index (χ3v) is 4.76. The number of nitrogens with zero attached hydrogens (tertiary/aromatic N) is 4. The number of fused-ring (bicyclic) bond motifs is 2. The first-order valence-corrected chi connectivity index (χ1v) is 7.81. The van der Waals surface area contributed by atoms with Crippen LogP contribution in [-0.2, 0) is 7.05 Å². The van der Waals surface area contributed by atoms with Crippen LogP contribution in [0.2, 0.25) is 0 Å². The largest absolute Gasteiger partial charge is 0.477 e. The number of hydrogen-bond donors (Lipinski definition) is 1. The predicted molar refractivity (Wildman–Crippen MR) is 86.3 cm³/mol. The predicted octanol–water partition coefficient (Wildman–Crippen LogP) is 2.34. The van der Waals surface area contributed by atoms with Crippen molar-refractivity contribution in [3.05, 3.63) is 47.9 Å². The van der Waals surface area contributed by atoms with Crippen molar-refractivity contribution in [1.29, 1.82) is 0 Å². The van der Waals surface area contributed by atoms with Crippen molar-refractivity contribution in [1.82, 2.24) is 14.8 Å². The molecule has 6 heteroatoms. The van der Waals surface area contributed by atoms with Gasteiger partial charge in [-0.3, -0.25) is 4.68 Å². The molecule has 2 aromatic rings. The molecule has 1 saturated heterocycles. The van der Waals surface area contributed by atoms with Gasteiger partial charge in [-0.1, -0.05) is 12.1 Å². The number of carbonyl (C=O) groups is 1. The van der Waals surface area contributed by atoms with Gasteiger partial charge in [0.2, 0.25) is 0 Å². The van der Waals surface area contributed by atoms with Gasteiger partial charge in [-0.15, -0.1) is 0 Å². The normalized spacial score (nSPS) is 23.0. The van der Waals surface area contributed by atoms with Crippen LogP contribution in [0.1, 0.15) is 35.4 Å². The van der Waals surface area contributed by atoms with Crippen molar-refractivity contribution in [3.63, 3.8) is 0 Å². The molecule has 0 aliphatic carbocycles. The lowest BCUT2D eigenvalue weighted by molar-refractivity contribution is 0.0690. The van der Waals surface area contributed by atoms with Crippen LogP contribution in [0.4, 0.5) is 5.82 Å². The Morgan fingerprint density at radius 2 is 2.17 bits per heavy atom. The molecule has 2 atom stereocenters. The van der Waals surface area contributed by atoms with E-state index in [0.29, 0.717) is 6.04 Å². The van der Waals surface area contributed by atoms with Gasteiger partial charge in [0.15, 0.2) is 5.69 Å². The summed E-state index contributed by atoms with van der Waals surface area (Å²) in [6.45, 7) is 0. The van der Waals surface area contributed by atoms with E-state index in [1.807, 2.05) is 30.1 Å². The van der Waals surface area contributed by atoms with Crippen LogP contribution < -0.4 is 4.90 Å². The Hall–Kier alpha value is -2.63. The Bertz CT molecular complexity index is 795. The molecule has 2 aliphatic heterocycles. The molecule has 6 nitrogen and oxygen atoms in total. The van der Waals surface area contributed by atoms with E-state index in [1.165, 1.54) is 11.6 Å². The Morgan fingerprint density at radius 3 is 2.87 bits per heavy atom. The van der Waals surface area contributed by atoms with Crippen LogP contribution in [0.5, 0.6) is 0 Å². The lowest BCUT2D eigenvalue weighted by Gasteiger charge is -2.35. The summed E-state index contributed by atoms with van der Waals surface area (Å²) in [5, 5.41) is 13.4. The highest BCUT2D eigenvalue weighted by atomic mass is 16.4. The fourth-order valence-electron chi connectivity index (χ4n) is 3.75. The summed E-state index contributed by atoms with van der Waals surface area (Å²) in [7, 11) is 1.96. The molecule has 0 amide bonds. The van der Waals surface area contributed by atoms with E-state index in [0.717, 1.165) is 30.8 Å². The van der Waals surface area contributed by atoms with E-state index in [1.54, 1.807) is 6.07 Å². The molecule has 2 bridgehead atoms. The van der Waals surface area contributed by atoms with Crippen molar-refractivity contribution in [2.24, 2.45) is 7.05 Å². The molecule has 2 aliphatic rings. The molecule has 0 aromatic carbocycles. The monoisotopic (exact) mass is 310 g/mol. The maximum absolute atomic E-state index is 11.2. The highest BCUT2D eigenvalue weighted by Crippen LogP contribution is 2.40. The molecule has 118 valence electrons. The third kappa shape index (κ3) is 2.30. The highest BCUT2D eigenvalue weighted by molar-refractivity contribution is 5.85. The van der Waals surface area contributed by atoms with E-state index in [9.17, 15) is 4.79 Å². The van der Waals surface area contributed by atoms with Gasteiger partial charge in [-0.05, 0) is 43.0 Å². The van der Waals surface area contributed by atoms with E-state index in [2.05, 4.69) is 21.1 Å². The lowest BCUT2D eigenvalue weighted by Crippen LogP contribution is -2.39. The zero-order chi connectivity index (χ0) is 16.0. The van der Waals surface area contributed by atoms with Crippen LogP contribution >= 0.6 is 0 Å². The number of pyridine rings is 1. The highest BCUT2D eigenvalue weighted by Gasteiger charge is 2.38. The average molecular weight is 310 g/mol. The maximum atomic E-state index is 11.2. The molecule has 0 saturated carbocycles. The second-order valence-electron chi connectivity index (χ2n) is 6.13. The summed E-state index contributed by atoms with van der Waals surface area (Å²) >= 11 is 0. The van der Waals surface area contributed by atoms with Gasteiger partial charge >= 0.3 is 5.97 Å². The number of aromatic nitrogens is 3. The lowest BCUT2D eigenvalue weighted by atomic mass is 9.98. The van der Waals surface area contributed by atoms with Crippen LogP contribution in [0.15, 0.2) is 36.5 Å². The molecule has 0 spiro atoms. The van der Waals surface area contributed by atoms with Crippen molar-refractivity contribution >= 4 is 17.4 Å². The first-order chi connectivity index (χ1) is 11.1. The molecule has 2 unspecified atom stereocenters. The van der Waals surface area contributed by atoms with Gasteiger partial charge in [-0.2, -0.15) is 5.10 Å². The van der Waals surface area contributed by atoms with Crippen LogP contribution in [0.3, 0.4) is 0 Å². The maximum Gasteiger partial charge on any atom is 0.354 e. The molecule has 4 heterocycles. The van der Waals surface area contributed by atoms with Gasteiger partial charge in [0.1, 0.15) is 5.82 Å². The summed E-state index contributed by atoms with van der Waals surface area (Å²) < 4.78 is 1.91. The Balaban J connectivity index is 1.68. The topological polar surface area (TPSA) is 71.2 Å². The van der Waals surface area contributed by atoms with Gasteiger partial charge in [0.25, 0.3) is 0 Å². The average Bonchev–Trinajstić information content (AvgIpc) is 3.08. The van der Waals surface area contributed by atoms with Crippen molar-refractivity contribution < 1.29 is 9.90 Å². The summed E-state index contributed by atoms with van der Waals surface area (Å²) in [5.74, 6) is -0.222. The standard InChI is InChI=1S/C17H18N4O2/c1-20-15(7-8-18-20)11-9-12-5-6-13(10-11)21(12)16-4-2-3-14(19-16)17(22)23/h2-4,7-9,12-13H,5-6,10H2,1H3,(H,22,23). The molecule has 2 aromatic heterocycles.